The molecular weight excluding hydrogens is 223 g/mol. The molecule has 1 fully saturated rings. The van der Waals surface area contributed by atoms with E-state index in [1.807, 2.05) is 11.9 Å². The van der Waals surface area contributed by atoms with E-state index < -0.39 is 0 Å². The van der Waals surface area contributed by atoms with Gasteiger partial charge < -0.3 is 10.6 Å². The summed E-state index contributed by atoms with van der Waals surface area (Å²) in [4.78, 5) is 2.24. The largest absolute Gasteiger partial charge is 0.389 e. The number of anilines is 1. The molecule has 0 aromatic heterocycles. The molecule has 0 unspecified atom stereocenters. The standard InChI is InChI=1S/C12H15FN2S/c1-15(9-3-2-4-9)11-6-5-8(12(14)16)7-10(11)13/h5-7,9H,2-4H2,1H3,(H2,14,16). The Hall–Kier alpha value is -1.16. The number of hydrogen-bond donors (Lipinski definition) is 1. The van der Waals surface area contributed by atoms with Crippen molar-refractivity contribution < 1.29 is 4.39 Å². The van der Waals surface area contributed by atoms with Crippen molar-refractivity contribution in [2.24, 2.45) is 5.73 Å². The summed E-state index contributed by atoms with van der Waals surface area (Å²) in [5, 5.41) is 0. The van der Waals surface area contributed by atoms with Crippen LogP contribution >= 0.6 is 12.2 Å². The molecule has 1 aromatic carbocycles. The first-order valence-electron chi connectivity index (χ1n) is 5.42. The van der Waals surface area contributed by atoms with Crippen LogP contribution in [0.3, 0.4) is 0 Å². The Bertz CT molecular complexity index is 415. The zero-order valence-corrected chi connectivity index (χ0v) is 10.1. The molecule has 0 radical (unpaired) electrons. The molecule has 2 nitrogen and oxygen atoms in total. The summed E-state index contributed by atoms with van der Waals surface area (Å²) in [6.07, 6.45) is 3.53. The minimum absolute atomic E-state index is 0.233. The van der Waals surface area contributed by atoms with Crippen molar-refractivity contribution in [3.05, 3.63) is 29.6 Å². The van der Waals surface area contributed by atoms with E-state index in [1.165, 1.54) is 12.5 Å². The molecule has 0 bridgehead atoms. The fraction of sp³-hybridized carbons (Fsp3) is 0.417. The Morgan fingerprint density at radius 1 is 1.50 bits per heavy atom. The molecule has 0 spiro atoms. The van der Waals surface area contributed by atoms with Gasteiger partial charge in [-0.25, -0.2) is 4.39 Å². The van der Waals surface area contributed by atoms with Crippen LogP contribution in [0.25, 0.3) is 0 Å². The van der Waals surface area contributed by atoms with E-state index in [-0.39, 0.29) is 10.8 Å². The summed E-state index contributed by atoms with van der Waals surface area (Å²) < 4.78 is 13.8. The average Bonchev–Trinajstić information content (AvgIpc) is 2.14. The Morgan fingerprint density at radius 3 is 2.62 bits per heavy atom. The van der Waals surface area contributed by atoms with Gasteiger partial charge in [0.1, 0.15) is 10.8 Å². The lowest BCUT2D eigenvalue weighted by Crippen LogP contribution is -2.37. The van der Waals surface area contributed by atoms with Crippen molar-refractivity contribution in [2.75, 3.05) is 11.9 Å². The second-order valence-electron chi connectivity index (χ2n) is 4.23. The van der Waals surface area contributed by atoms with Crippen LogP contribution in [0.5, 0.6) is 0 Å². The van der Waals surface area contributed by atoms with Crippen LogP contribution in [0, 0.1) is 5.82 Å². The van der Waals surface area contributed by atoms with Crippen LogP contribution in [0.15, 0.2) is 18.2 Å². The van der Waals surface area contributed by atoms with Crippen molar-refractivity contribution in [3.63, 3.8) is 0 Å². The molecule has 0 amide bonds. The minimum Gasteiger partial charge on any atom is -0.389 e. The summed E-state index contributed by atoms with van der Waals surface area (Å²) in [6, 6.07) is 5.41. The van der Waals surface area contributed by atoms with Gasteiger partial charge in [-0.1, -0.05) is 12.2 Å². The van der Waals surface area contributed by atoms with Crippen LogP contribution in [-0.4, -0.2) is 18.1 Å². The van der Waals surface area contributed by atoms with Crippen molar-refractivity contribution in [2.45, 2.75) is 25.3 Å². The lowest BCUT2D eigenvalue weighted by atomic mass is 9.91. The lowest BCUT2D eigenvalue weighted by Gasteiger charge is -2.36. The van der Waals surface area contributed by atoms with Crippen LogP contribution in [0.1, 0.15) is 24.8 Å². The molecule has 1 aromatic rings. The summed E-state index contributed by atoms with van der Waals surface area (Å²) in [6.45, 7) is 0. The molecule has 1 saturated carbocycles. The first-order valence-corrected chi connectivity index (χ1v) is 5.82. The van der Waals surface area contributed by atoms with Crippen molar-refractivity contribution in [1.82, 2.24) is 0 Å². The zero-order valence-electron chi connectivity index (χ0n) is 9.24. The molecule has 2 rings (SSSR count). The van der Waals surface area contributed by atoms with Gasteiger partial charge in [-0.2, -0.15) is 0 Å². The Labute approximate surface area is 100 Å². The zero-order chi connectivity index (χ0) is 11.7. The smallest absolute Gasteiger partial charge is 0.147 e. The highest BCUT2D eigenvalue weighted by Crippen LogP contribution is 2.30. The molecule has 0 atom stereocenters. The fourth-order valence-electron chi connectivity index (χ4n) is 1.92. The predicted octanol–water partition coefficient (Wildman–Crippen LogP) is 2.45. The molecule has 4 heteroatoms. The van der Waals surface area contributed by atoms with E-state index in [2.05, 4.69) is 0 Å². The topological polar surface area (TPSA) is 29.3 Å². The number of benzene rings is 1. The van der Waals surface area contributed by atoms with Gasteiger partial charge >= 0.3 is 0 Å². The van der Waals surface area contributed by atoms with E-state index >= 15 is 0 Å². The van der Waals surface area contributed by atoms with Crippen LogP contribution in [-0.2, 0) is 0 Å². The molecular formula is C12H15FN2S. The summed E-state index contributed by atoms with van der Waals surface area (Å²) in [5.74, 6) is -0.250. The number of nitrogens with zero attached hydrogens (tertiary/aromatic N) is 1. The van der Waals surface area contributed by atoms with E-state index in [1.54, 1.807) is 12.1 Å². The van der Waals surface area contributed by atoms with E-state index in [0.29, 0.717) is 17.3 Å². The summed E-state index contributed by atoms with van der Waals surface area (Å²) >= 11 is 4.81. The van der Waals surface area contributed by atoms with Crippen molar-refractivity contribution in [1.29, 1.82) is 0 Å². The molecule has 1 aliphatic rings. The highest BCUT2D eigenvalue weighted by Gasteiger charge is 2.23. The SMILES string of the molecule is CN(c1ccc(C(N)=S)cc1F)C1CCC1. The minimum atomic E-state index is -0.250. The third kappa shape index (κ3) is 2.02. The molecule has 0 heterocycles. The average molecular weight is 238 g/mol. The fourth-order valence-corrected chi connectivity index (χ4v) is 2.04. The Kier molecular flexibility index (Phi) is 3.10. The number of nitrogens with two attached hydrogens (primary N) is 1. The van der Waals surface area contributed by atoms with Gasteiger partial charge in [0.25, 0.3) is 0 Å². The summed E-state index contributed by atoms with van der Waals surface area (Å²) in [7, 11) is 1.93. The maximum Gasteiger partial charge on any atom is 0.147 e. The van der Waals surface area contributed by atoms with Crippen LogP contribution < -0.4 is 10.6 Å². The van der Waals surface area contributed by atoms with E-state index in [0.717, 1.165) is 12.8 Å². The number of hydrogen-bond acceptors (Lipinski definition) is 2. The monoisotopic (exact) mass is 238 g/mol. The number of halogens is 1. The molecule has 0 saturated heterocycles. The molecule has 2 N–H and O–H groups in total. The Balaban J connectivity index is 2.24. The second kappa shape index (κ2) is 4.37. The molecule has 16 heavy (non-hydrogen) atoms. The van der Waals surface area contributed by atoms with Gasteiger partial charge in [-0.15, -0.1) is 0 Å². The summed E-state index contributed by atoms with van der Waals surface area (Å²) in [5.41, 5.74) is 6.67. The highest BCUT2D eigenvalue weighted by atomic mass is 32.1. The van der Waals surface area contributed by atoms with Crippen molar-refractivity contribution >= 4 is 22.9 Å². The van der Waals surface area contributed by atoms with Gasteiger partial charge in [-0.3, -0.25) is 0 Å². The number of rotatable bonds is 3. The maximum atomic E-state index is 13.8. The second-order valence-corrected chi connectivity index (χ2v) is 4.67. The van der Waals surface area contributed by atoms with Gasteiger partial charge in [0.05, 0.1) is 5.69 Å². The lowest BCUT2D eigenvalue weighted by molar-refractivity contribution is 0.398. The third-order valence-corrected chi connectivity index (χ3v) is 3.47. The first-order chi connectivity index (χ1) is 7.59. The molecule has 86 valence electrons. The molecule has 1 aliphatic carbocycles. The van der Waals surface area contributed by atoms with Crippen LogP contribution in [0.4, 0.5) is 10.1 Å². The van der Waals surface area contributed by atoms with Gasteiger partial charge in [0.2, 0.25) is 0 Å². The van der Waals surface area contributed by atoms with Gasteiger partial charge in [-0.05, 0) is 37.5 Å². The van der Waals surface area contributed by atoms with E-state index in [4.69, 9.17) is 18.0 Å². The van der Waals surface area contributed by atoms with Crippen LogP contribution in [0.2, 0.25) is 0 Å². The highest BCUT2D eigenvalue weighted by molar-refractivity contribution is 7.80. The number of thiocarbonyl (C=S) groups is 1. The van der Waals surface area contributed by atoms with Crippen molar-refractivity contribution in [3.8, 4) is 0 Å². The van der Waals surface area contributed by atoms with Gasteiger partial charge in [0.15, 0.2) is 0 Å². The van der Waals surface area contributed by atoms with E-state index in [9.17, 15) is 4.39 Å². The van der Waals surface area contributed by atoms with Gasteiger partial charge in [0, 0.05) is 18.7 Å². The Morgan fingerprint density at radius 2 is 2.19 bits per heavy atom. The quantitative estimate of drug-likeness (QED) is 0.820. The molecule has 0 aliphatic heterocycles. The third-order valence-electron chi connectivity index (χ3n) is 3.23. The predicted molar refractivity (Wildman–Crippen MR) is 68.3 cm³/mol. The first kappa shape index (κ1) is 11.3. The maximum absolute atomic E-state index is 13.8. The normalized spacial score (nSPS) is 15.6.